The Balaban J connectivity index is 1.61. The number of fused-ring (bicyclic) bond motifs is 2. The van der Waals surface area contributed by atoms with Gasteiger partial charge in [0, 0.05) is 0 Å². The van der Waals surface area contributed by atoms with Crippen LogP contribution in [0.25, 0.3) is 0 Å². The van der Waals surface area contributed by atoms with Crippen LogP contribution >= 0.6 is 0 Å². The van der Waals surface area contributed by atoms with Crippen molar-refractivity contribution in [2.24, 2.45) is 2.98 Å². The van der Waals surface area contributed by atoms with Gasteiger partial charge in [-0.3, -0.25) is 0 Å². The number of hydrogen-bond acceptors (Lipinski definition) is 3. The Morgan fingerprint density at radius 1 is 1.42 bits per heavy atom. The first-order chi connectivity index (χ1) is 9.13. The molecular formula is C14H22InN3O. The second-order valence-electron chi connectivity index (χ2n) is 6.16. The fourth-order valence-corrected chi connectivity index (χ4v) is 7.06. The average Bonchev–Trinajstić information content (AvgIpc) is 2.77. The molecule has 0 aromatic heterocycles. The van der Waals surface area contributed by atoms with Gasteiger partial charge in [-0.2, -0.15) is 0 Å². The van der Waals surface area contributed by atoms with Crippen LogP contribution in [0.3, 0.4) is 0 Å². The predicted molar refractivity (Wildman–Crippen MR) is 78.5 cm³/mol. The van der Waals surface area contributed by atoms with Gasteiger partial charge in [-0.25, -0.2) is 0 Å². The molecule has 0 radical (unpaired) electrons. The van der Waals surface area contributed by atoms with Crippen LogP contribution in [-0.4, -0.2) is 63.4 Å². The van der Waals surface area contributed by atoms with Gasteiger partial charge in [-0.05, 0) is 0 Å². The number of piperidine rings is 2. The Morgan fingerprint density at radius 2 is 2.11 bits per heavy atom. The van der Waals surface area contributed by atoms with Crippen molar-refractivity contribution in [3.8, 4) is 0 Å². The molecule has 0 spiro atoms. The molecule has 0 aromatic rings. The molecule has 2 fully saturated rings. The van der Waals surface area contributed by atoms with Gasteiger partial charge in [0.25, 0.3) is 0 Å². The zero-order chi connectivity index (χ0) is 13.4. The summed E-state index contributed by atoms with van der Waals surface area (Å²) in [4.78, 5) is 14.7. The third kappa shape index (κ3) is 2.92. The summed E-state index contributed by atoms with van der Waals surface area (Å²) in [6.45, 7) is 0. The van der Waals surface area contributed by atoms with Crippen molar-refractivity contribution in [3.63, 3.8) is 0 Å². The summed E-state index contributed by atoms with van der Waals surface area (Å²) in [6, 6.07) is 1.68. The Kier molecular flexibility index (Phi) is 4.03. The van der Waals surface area contributed by atoms with Crippen LogP contribution in [0.5, 0.6) is 0 Å². The van der Waals surface area contributed by atoms with E-state index in [4.69, 9.17) is 0 Å². The van der Waals surface area contributed by atoms with E-state index in [-0.39, 0.29) is 5.91 Å². The SMILES string of the molecule is CN1C2CCCC1CC(NC(=O)C1=[N][In]([CH3])[CH]=C1)C2. The summed E-state index contributed by atoms with van der Waals surface area (Å²) < 4.78 is 8.92. The zero-order valence-corrected chi connectivity index (χ0v) is 15.1. The van der Waals surface area contributed by atoms with E-state index < -0.39 is 21.7 Å². The molecule has 2 atom stereocenters. The molecule has 1 amide bonds. The van der Waals surface area contributed by atoms with Gasteiger partial charge < -0.3 is 0 Å². The van der Waals surface area contributed by atoms with Crippen molar-refractivity contribution in [2.45, 2.75) is 54.9 Å². The van der Waals surface area contributed by atoms with Gasteiger partial charge in [0.2, 0.25) is 0 Å². The van der Waals surface area contributed by atoms with Gasteiger partial charge >= 0.3 is 123 Å². The van der Waals surface area contributed by atoms with Crippen LogP contribution in [0, 0.1) is 0 Å². The average molecular weight is 363 g/mol. The molecule has 2 bridgehead atoms. The summed E-state index contributed by atoms with van der Waals surface area (Å²) in [5.74, 6) is 0.0601. The maximum atomic E-state index is 12.2. The zero-order valence-electron chi connectivity index (χ0n) is 11.8. The van der Waals surface area contributed by atoms with E-state index in [1.54, 1.807) is 0 Å². The van der Waals surface area contributed by atoms with Crippen LogP contribution in [0.15, 0.2) is 12.9 Å². The topological polar surface area (TPSA) is 44.7 Å². The third-order valence-corrected chi connectivity index (χ3v) is 8.88. The van der Waals surface area contributed by atoms with Gasteiger partial charge in [-0.15, -0.1) is 0 Å². The van der Waals surface area contributed by atoms with Crippen LogP contribution in [0.2, 0.25) is 4.68 Å². The molecule has 102 valence electrons. The number of rotatable bonds is 2. The molecule has 4 nitrogen and oxygen atoms in total. The number of carbonyl (C=O) groups excluding carboxylic acids is 1. The molecule has 3 aliphatic heterocycles. The predicted octanol–water partition coefficient (Wildman–Crippen LogP) is 1.29. The summed E-state index contributed by atoms with van der Waals surface area (Å²) in [7, 11) is 2.24. The molecule has 2 saturated heterocycles. The van der Waals surface area contributed by atoms with Crippen molar-refractivity contribution in [1.82, 2.24) is 10.2 Å². The van der Waals surface area contributed by atoms with Gasteiger partial charge in [0.1, 0.15) is 0 Å². The first-order valence-electron chi connectivity index (χ1n) is 7.42. The number of nitrogens with zero attached hydrogens (tertiary/aromatic N) is 2. The summed E-state index contributed by atoms with van der Waals surface area (Å²) in [6.07, 6.45) is 8.07. The Hall–Kier alpha value is -0.290. The van der Waals surface area contributed by atoms with E-state index in [0.717, 1.165) is 12.8 Å². The Morgan fingerprint density at radius 3 is 2.68 bits per heavy atom. The summed E-state index contributed by atoms with van der Waals surface area (Å²) >= 11 is -1.76. The molecule has 5 heteroatoms. The van der Waals surface area contributed by atoms with Gasteiger partial charge in [-0.1, -0.05) is 0 Å². The molecule has 0 aromatic carbocycles. The number of amides is 1. The third-order valence-electron chi connectivity index (χ3n) is 4.78. The molecule has 1 N–H and O–H groups in total. The minimum atomic E-state index is -1.76. The molecule has 3 rings (SSSR count). The fraction of sp³-hybridized carbons (Fsp3) is 0.714. The quantitative estimate of drug-likeness (QED) is 0.804. The number of hydrogen-bond donors (Lipinski definition) is 1. The van der Waals surface area contributed by atoms with Crippen LogP contribution in [0.1, 0.15) is 32.1 Å². The van der Waals surface area contributed by atoms with E-state index >= 15 is 0 Å². The van der Waals surface area contributed by atoms with Crippen molar-refractivity contribution in [2.75, 3.05) is 7.05 Å². The van der Waals surface area contributed by atoms with Crippen LogP contribution in [-0.2, 0) is 4.79 Å². The van der Waals surface area contributed by atoms with Gasteiger partial charge in [0.05, 0.1) is 0 Å². The van der Waals surface area contributed by atoms with Crippen molar-refractivity contribution >= 4 is 33.3 Å². The first-order valence-corrected chi connectivity index (χ1v) is 14.1. The van der Waals surface area contributed by atoms with Crippen LogP contribution in [0.4, 0.5) is 0 Å². The molecule has 0 saturated carbocycles. The molecular weight excluding hydrogens is 341 g/mol. The molecule has 0 aliphatic carbocycles. The summed E-state index contributed by atoms with van der Waals surface area (Å²) in [5.41, 5.74) is 0.687. The molecule has 3 heterocycles. The monoisotopic (exact) mass is 363 g/mol. The summed E-state index contributed by atoms with van der Waals surface area (Å²) in [5, 5.41) is 3.22. The normalized spacial score (nSPS) is 34.3. The Bertz CT molecular complexity index is 420. The fourth-order valence-electron chi connectivity index (χ4n) is 3.66. The van der Waals surface area contributed by atoms with E-state index in [0.29, 0.717) is 23.8 Å². The van der Waals surface area contributed by atoms with E-state index in [2.05, 4.69) is 28.8 Å². The second-order valence-corrected chi connectivity index (χ2v) is 12.2. The van der Waals surface area contributed by atoms with Crippen molar-refractivity contribution in [1.29, 1.82) is 0 Å². The standard InChI is InChI=1S/C13H19N3O.CH3.In/c1-3-12(14)13(17)15-9-7-10-5-4-6-11(8-9)16(10)2;;/h1,3,9-11H,4-8H2,2H3,(H,15,17);1H3;/q-1;;+1. The second kappa shape index (κ2) is 5.60. The van der Waals surface area contributed by atoms with Crippen LogP contribution < -0.4 is 5.32 Å². The molecule has 3 aliphatic rings. The van der Waals surface area contributed by atoms with E-state index in [9.17, 15) is 4.79 Å². The van der Waals surface area contributed by atoms with Crippen molar-refractivity contribution in [3.05, 3.63) is 9.91 Å². The van der Waals surface area contributed by atoms with Gasteiger partial charge in [0.15, 0.2) is 0 Å². The van der Waals surface area contributed by atoms with E-state index in [1.165, 1.54) is 19.3 Å². The molecule has 2 unspecified atom stereocenters. The van der Waals surface area contributed by atoms with Crippen molar-refractivity contribution < 1.29 is 4.79 Å². The first kappa shape index (κ1) is 13.7. The Labute approximate surface area is 123 Å². The number of nitrogens with one attached hydrogen (secondary N) is 1. The minimum absolute atomic E-state index is 0.0601. The number of carbonyl (C=O) groups is 1. The van der Waals surface area contributed by atoms with E-state index in [1.807, 2.05) is 6.08 Å². The maximum absolute atomic E-state index is 12.2. The molecule has 19 heavy (non-hydrogen) atoms.